The monoisotopic (exact) mass is 493 g/mol. The van der Waals surface area contributed by atoms with Crippen molar-refractivity contribution in [3.05, 3.63) is 82.9 Å². The van der Waals surface area contributed by atoms with Crippen LogP contribution in [0.15, 0.2) is 60.7 Å². The van der Waals surface area contributed by atoms with E-state index in [2.05, 4.69) is 15.5 Å². The maximum absolute atomic E-state index is 13.1. The molecule has 2 aromatic carbocycles. The maximum Gasteiger partial charge on any atom is 0.349 e. The number of aryl methyl sites for hydroxylation is 2. The number of carbonyl (C=O) groups excluding carboxylic acids is 3. The molecule has 2 N–H and O–H groups in total. The topological polar surface area (TPSA) is 154 Å². The third-order valence-corrected chi connectivity index (χ3v) is 4.92. The molecule has 3 rings (SSSR count). The highest BCUT2D eigenvalue weighted by molar-refractivity contribution is 6.01. The van der Waals surface area contributed by atoms with Gasteiger partial charge in [-0.15, -0.1) is 10.2 Å². The summed E-state index contributed by atoms with van der Waals surface area (Å²) in [6.07, 6.45) is -4.23. The Morgan fingerprint density at radius 2 is 1.25 bits per heavy atom. The van der Waals surface area contributed by atoms with E-state index in [1.165, 1.54) is 43.5 Å². The van der Waals surface area contributed by atoms with Gasteiger partial charge < -0.3 is 24.6 Å². The van der Waals surface area contributed by atoms with Crippen molar-refractivity contribution >= 4 is 29.6 Å². The van der Waals surface area contributed by atoms with Crippen molar-refractivity contribution in [2.24, 2.45) is 0 Å². The number of rotatable bonds is 9. The molecule has 1 heterocycles. The minimum absolute atomic E-state index is 0.0527. The zero-order valence-electron chi connectivity index (χ0n) is 19.6. The molecule has 0 saturated carbocycles. The molecule has 11 nitrogen and oxygen atoms in total. The molecule has 1 aromatic heterocycles. The molecule has 186 valence electrons. The number of carboxylic acid groups (broad SMARTS) is 1. The Morgan fingerprint density at radius 3 is 1.67 bits per heavy atom. The molecule has 0 bridgehead atoms. The molecule has 1 amide bonds. The van der Waals surface area contributed by atoms with E-state index in [4.69, 9.17) is 14.2 Å². The molecule has 3 aromatic rings. The van der Waals surface area contributed by atoms with Crippen molar-refractivity contribution in [3.63, 3.8) is 0 Å². The van der Waals surface area contributed by atoms with Gasteiger partial charge in [-0.1, -0.05) is 35.4 Å². The van der Waals surface area contributed by atoms with Gasteiger partial charge in [0.2, 0.25) is 18.1 Å². The van der Waals surface area contributed by atoms with E-state index in [1.807, 2.05) is 13.8 Å². The minimum Gasteiger partial charge on any atom is -0.480 e. The second-order valence-electron chi connectivity index (χ2n) is 7.67. The molecule has 0 radical (unpaired) electrons. The number of nitrogens with one attached hydrogen (secondary N) is 1. The predicted octanol–water partition coefficient (Wildman–Crippen LogP) is 2.58. The summed E-state index contributed by atoms with van der Waals surface area (Å²) in [7, 11) is 1.38. The molecule has 0 saturated heterocycles. The van der Waals surface area contributed by atoms with E-state index < -0.39 is 36.0 Å². The van der Waals surface area contributed by atoms with Gasteiger partial charge in [0.05, 0.1) is 18.2 Å². The van der Waals surface area contributed by atoms with Gasteiger partial charge in [0.1, 0.15) is 0 Å². The average Bonchev–Trinajstić information content (AvgIpc) is 2.87. The highest BCUT2D eigenvalue weighted by Gasteiger charge is 2.41. The SMILES string of the molecule is COc1ccc(NC(=O)[C@H](OC(=O)c2ccc(C)cc2)[C@H](OC(=O)c2ccc(C)cc2)C(=O)O)nn1. The summed E-state index contributed by atoms with van der Waals surface area (Å²) in [6, 6.07) is 15.1. The van der Waals surface area contributed by atoms with E-state index in [-0.39, 0.29) is 22.8 Å². The number of nitrogens with zero attached hydrogens (tertiary/aromatic N) is 2. The van der Waals surface area contributed by atoms with Crippen molar-refractivity contribution in [3.8, 4) is 5.88 Å². The van der Waals surface area contributed by atoms with Crippen LogP contribution in [-0.2, 0) is 19.1 Å². The van der Waals surface area contributed by atoms with Crippen LogP contribution in [0.3, 0.4) is 0 Å². The molecule has 0 spiro atoms. The molecular formula is C25H23N3O8. The van der Waals surface area contributed by atoms with Gasteiger partial charge in [-0.05, 0) is 44.2 Å². The lowest BCUT2D eigenvalue weighted by Gasteiger charge is -2.23. The number of ether oxygens (including phenoxy) is 3. The van der Waals surface area contributed by atoms with Crippen molar-refractivity contribution in [2.45, 2.75) is 26.1 Å². The second kappa shape index (κ2) is 11.6. The van der Waals surface area contributed by atoms with Crippen LogP contribution in [0.1, 0.15) is 31.8 Å². The molecule has 11 heteroatoms. The molecule has 2 atom stereocenters. The van der Waals surface area contributed by atoms with Crippen LogP contribution in [0.2, 0.25) is 0 Å². The number of hydrogen-bond donors (Lipinski definition) is 2. The lowest BCUT2D eigenvalue weighted by atomic mass is 10.1. The summed E-state index contributed by atoms with van der Waals surface area (Å²) in [5.74, 6) is -4.71. The number of methoxy groups -OCH3 is 1. The second-order valence-corrected chi connectivity index (χ2v) is 7.67. The number of aliphatic carboxylic acids is 1. The first-order chi connectivity index (χ1) is 17.2. The van der Waals surface area contributed by atoms with E-state index in [1.54, 1.807) is 24.3 Å². The van der Waals surface area contributed by atoms with Crippen molar-refractivity contribution in [1.82, 2.24) is 10.2 Å². The highest BCUT2D eigenvalue weighted by atomic mass is 16.6. The third kappa shape index (κ3) is 6.63. The summed E-state index contributed by atoms with van der Waals surface area (Å²) in [5, 5.41) is 19.6. The smallest absolute Gasteiger partial charge is 0.349 e. The number of aromatic nitrogens is 2. The maximum atomic E-state index is 13.1. The standard InChI is InChI=1S/C25H23N3O8/c1-14-4-8-16(9-5-14)24(32)35-20(22(29)26-18-12-13-19(34-3)28-27-18)21(23(30)31)36-25(33)17-10-6-15(2)7-11-17/h4-13,20-21H,1-3H3,(H,30,31)(H,26,27,29)/t20-,21+/m1/s1. The molecule has 0 unspecified atom stereocenters. The van der Waals surface area contributed by atoms with Crippen LogP contribution >= 0.6 is 0 Å². The minimum atomic E-state index is -2.17. The van der Waals surface area contributed by atoms with Crippen LogP contribution in [0.5, 0.6) is 5.88 Å². The quantitative estimate of drug-likeness (QED) is 0.425. The Morgan fingerprint density at radius 1 is 0.750 bits per heavy atom. The van der Waals surface area contributed by atoms with Gasteiger partial charge in [-0.2, -0.15) is 0 Å². The first-order valence-corrected chi connectivity index (χ1v) is 10.6. The summed E-state index contributed by atoms with van der Waals surface area (Å²) < 4.78 is 15.3. The zero-order chi connectivity index (χ0) is 26.2. The van der Waals surface area contributed by atoms with Crippen LogP contribution < -0.4 is 10.1 Å². The highest BCUT2D eigenvalue weighted by Crippen LogP contribution is 2.16. The van der Waals surface area contributed by atoms with Gasteiger partial charge in [0.15, 0.2) is 5.82 Å². The Kier molecular flexibility index (Phi) is 8.29. The third-order valence-electron chi connectivity index (χ3n) is 4.92. The number of carbonyl (C=O) groups is 4. The van der Waals surface area contributed by atoms with Crippen molar-refractivity contribution < 1.29 is 38.5 Å². The summed E-state index contributed by atoms with van der Waals surface area (Å²) >= 11 is 0. The molecular weight excluding hydrogens is 470 g/mol. The lowest BCUT2D eigenvalue weighted by molar-refractivity contribution is -0.157. The Balaban J connectivity index is 1.89. The average molecular weight is 493 g/mol. The number of benzene rings is 2. The fourth-order valence-corrected chi connectivity index (χ4v) is 2.93. The summed E-state index contributed by atoms with van der Waals surface area (Å²) in [6.45, 7) is 3.62. The van der Waals surface area contributed by atoms with Gasteiger partial charge >= 0.3 is 17.9 Å². The fraction of sp³-hybridized carbons (Fsp3) is 0.200. The van der Waals surface area contributed by atoms with Crippen LogP contribution in [0.25, 0.3) is 0 Å². The van der Waals surface area contributed by atoms with Crippen LogP contribution in [0.4, 0.5) is 5.82 Å². The van der Waals surface area contributed by atoms with E-state index in [0.29, 0.717) is 0 Å². The van der Waals surface area contributed by atoms with E-state index in [0.717, 1.165) is 11.1 Å². The Labute approximate surface area is 206 Å². The Bertz CT molecular complexity index is 1240. The van der Waals surface area contributed by atoms with Gasteiger partial charge in [-0.25, -0.2) is 14.4 Å². The molecule has 0 aliphatic heterocycles. The number of anilines is 1. The fourth-order valence-electron chi connectivity index (χ4n) is 2.93. The van der Waals surface area contributed by atoms with Crippen LogP contribution in [-0.4, -0.2) is 58.4 Å². The number of hydrogen-bond acceptors (Lipinski definition) is 9. The first-order valence-electron chi connectivity index (χ1n) is 10.6. The number of amides is 1. The van der Waals surface area contributed by atoms with Crippen molar-refractivity contribution in [2.75, 3.05) is 12.4 Å². The molecule has 0 aliphatic carbocycles. The number of carboxylic acids is 1. The molecule has 36 heavy (non-hydrogen) atoms. The van der Waals surface area contributed by atoms with Gasteiger partial charge in [0, 0.05) is 6.07 Å². The lowest BCUT2D eigenvalue weighted by Crippen LogP contribution is -2.48. The summed E-state index contributed by atoms with van der Waals surface area (Å²) in [5.41, 5.74) is 1.86. The number of esters is 2. The van der Waals surface area contributed by atoms with Gasteiger partial charge in [0.25, 0.3) is 5.91 Å². The van der Waals surface area contributed by atoms with Gasteiger partial charge in [-0.3, -0.25) is 4.79 Å². The molecule has 0 aliphatic rings. The predicted molar refractivity (Wildman–Crippen MR) is 126 cm³/mol. The zero-order valence-corrected chi connectivity index (χ0v) is 19.6. The Hall–Kier alpha value is -4.80. The summed E-state index contributed by atoms with van der Waals surface area (Å²) in [4.78, 5) is 50.5. The van der Waals surface area contributed by atoms with Crippen molar-refractivity contribution in [1.29, 1.82) is 0 Å². The van der Waals surface area contributed by atoms with E-state index >= 15 is 0 Å². The first kappa shape index (κ1) is 25.8. The van der Waals surface area contributed by atoms with Crippen LogP contribution in [0, 0.1) is 13.8 Å². The molecule has 0 fully saturated rings. The normalized spacial score (nSPS) is 12.1. The van der Waals surface area contributed by atoms with E-state index in [9.17, 15) is 24.3 Å². The largest absolute Gasteiger partial charge is 0.480 e.